The van der Waals surface area contributed by atoms with Crippen molar-refractivity contribution in [2.75, 3.05) is 0 Å². The minimum Gasteiger partial charge on any atom is -0.184 e. The van der Waals surface area contributed by atoms with E-state index in [2.05, 4.69) is 34.0 Å². The molecule has 63 valence electrons. The van der Waals surface area contributed by atoms with Crippen molar-refractivity contribution in [3.8, 4) is 0 Å². The van der Waals surface area contributed by atoms with E-state index in [4.69, 9.17) is 0 Å². The molecule has 0 bridgehead atoms. The minimum absolute atomic E-state index is 0. The SMILES string of the molecule is P.P.[Ni][Br].[c-]1ccccc1. The van der Waals surface area contributed by atoms with Gasteiger partial charge in [0.15, 0.2) is 0 Å². The van der Waals surface area contributed by atoms with Crippen molar-refractivity contribution < 1.29 is 13.7 Å². The summed E-state index contributed by atoms with van der Waals surface area (Å²) in [4.78, 5) is 0. The monoisotopic (exact) mass is 282 g/mol. The molecule has 0 aliphatic carbocycles. The molecule has 0 N–H and O–H groups in total. The van der Waals surface area contributed by atoms with Gasteiger partial charge < -0.3 is 0 Å². The van der Waals surface area contributed by atoms with E-state index in [0.29, 0.717) is 0 Å². The van der Waals surface area contributed by atoms with E-state index < -0.39 is 0 Å². The first-order valence-electron chi connectivity index (χ1n) is 2.03. The van der Waals surface area contributed by atoms with Gasteiger partial charge >= 0.3 is 27.9 Å². The van der Waals surface area contributed by atoms with Crippen LogP contribution in [0.25, 0.3) is 0 Å². The molecule has 1 aromatic rings. The van der Waals surface area contributed by atoms with Gasteiger partial charge in [0.25, 0.3) is 0 Å². The Balaban J connectivity index is -0.000000114. The molecule has 2 atom stereocenters. The summed E-state index contributed by atoms with van der Waals surface area (Å²) in [5.41, 5.74) is 0. The zero-order chi connectivity index (χ0) is 6.24. The molecule has 1 aromatic carbocycles. The van der Waals surface area contributed by atoms with Gasteiger partial charge in [0, 0.05) is 0 Å². The second-order valence-corrected chi connectivity index (χ2v) is 1.08. The van der Waals surface area contributed by atoms with Crippen molar-refractivity contribution in [1.82, 2.24) is 0 Å². The van der Waals surface area contributed by atoms with E-state index in [0.717, 1.165) is 0 Å². The van der Waals surface area contributed by atoms with Gasteiger partial charge in [0.1, 0.15) is 0 Å². The molecule has 0 aliphatic heterocycles. The first kappa shape index (κ1) is 17.2. The standard InChI is InChI=1S/C6H5.BrH.Ni.2H3P/c1-2-4-6-5-3-1;;;;/h1-5H;1H;;2*1H3/q-1;;+1;;/p-1. The molecule has 2 unspecified atom stereocenters. The quantitative estimate of drug-likeness (QED) is 0.390. The fourth-order valence-electron chi connectivity index (χ4n) is 0.342. The van der Waals surface area contributed by atoms with Crippen molar-refractivity contribution >= 4 is 34.0 Å². The predicted octanol–water partition coefficient (Wildman–Crippen LogP) is 2.45. The normalized spacial score (nSPS) is 5.50. The summed E-state index contributed by atoms with van der Waals surface area (Å²) in [6, 6.07) is 12.5. The van der Waals surface area contributed by atoms with Crippen LogP contribution >= 0.6 is 34.0 Å². The maximum absolute atomic E-state index is 3.69. The van der Waals surface area contributed by atoms with Crippen LogP contribution in [-0.4, -0.2) is 0 Å². The molecule has 0 saturated heterocycles. The molecule has 0 radical (unpaired) electrons. The fraction of sp³-hybridized carbons (Fsp3) is 0. The molecule has 4 heteroatoms. The van der Waals surface area contributed by atoms with Crippen molar-refractivity contribution in [2.45, 2.75) is 0 Å². The van der Waals surface area contributed by atoms with E-state index in [-0.39, 0.29) is 19.8 Å². The van der Waals surface area contributed by atoms with Gasteiger partial charge in [-0.05, 0) is 0 Å². The van der Waals surface area contributed by atoms with Crippen molar-refractivity contribution in [3.63, 3.8) is 0 Å². The molecule has 0 aromatic heterocycles. The second kappa shape index (κ2) is 16.6. The Morgan fingerprint density at radius 1 is 0.900 bits per heavy atom. The first-order valence-corrected chi connectivity index (χ1v) is 4.47. The molecule has 0 aliphatic rings. The zero-order valence-electron chi connectivity index (χ0n) is 5.50. The Bertz CT molecular complexity index is 87.7. The first-order chi connectivity index (χ1) is 4.00. The fourth-order valence-corrected chi connectivity index (χ4v) is 0.342. The number of hydrogen-bond donors (Lipinski definition) is 0. The van der Waals surface area contributed by atoms with Crippen LogP contribution in [0.4, 0.5) is 0 Å². The molecular formula is C6H11BrNiP2-. The molecule has 1 rings (SSSR count). The number of rotatable bonds is 0. The van der Waals surface area contributed by atoms with Crippen LogP contribution in [-0.2, 0) is 13.7 Å². The van der Waals surface area contributed by atoms with Crippen LogP contribution in [0.15, 0.2) is 30.3 Å². The van der Waals surface area contributed by atoms with Crippen LogP contribution < -0.4 is 0 Å². The number of halogens is 1. The van der Waals surface area contributed by atoms with Crippen LogP contribution in [0.1, 0.15) is 0 Å². The summed E-state index contributed by atoms with van der Waals surface area (Å²) in [5.74, 6) is 0. The average Bonchev–Trinajstić information content (AvgIpc) is 1.96. The Morgan fingerprint density at radius 2 is 1.30 bits per heavy atom. The van der Waals surface area contributed by atoms with Crippen molar-refractivity contribution in [3.05, 3.63) is 36.4 Å². The second-order valence-electron chi connectivity index (χ2n) is 1.08. The molecular weight excluding hydrogens is 273 g/mol. The molecule has 0 amide bonds. The number of hydrogen-bond acceptors (Lipinski definition) is 0. The van der Waals surface area contributed by atoms with Crippen LogP contribution in [0.3, 0.4) is 0 Å². The van der Waals surface area contributed by atoms with E-state index in [9.17, 15) is 0 Å². The predicted molar refractivity (Wildman–Crippen MR) is 56.4 cm³/mol. The number of benzene rings is 1. The van der Waals surface area contributed by atoms with E-state index in [1.54, 1.807) is 0 Å². The van der Waals surface area contributed by atoms with Gasteiger partial charge in [-0.15, -0.1) is 0 Å². The van der Waals surface area contributed by atoms with E-state index in [1.807, 2.05) is 30.3 Å². The van der Waals surface area contributed by atoms with Crippen molar-refractivity contribution in [1.29, 1.82) is 0 Å². The smallest absolute Gasteiger partial charge is 0.171 e. The van der Waals surface area contributed by atoms with E-state index >= 15 is 0 Å². The summed E-state index contributed by atoms with van der Waals surface area (Å²) in [5, 5.41) is 0. The topological polar surface area (TPSA) is 0 Å². The molecule has 0 nitrogen and oxygen atoms in total. The third-order valence-corrected chi connectivity index (χ3v) is 0.607. The van der Waals surface area contributed by atoms with Gasteiger partial charge in [-0.3, -0.25) is 0 Å². The average molecular weight is 284 g/mol. The third kappa shape index (κ3) is 11.8. The van der Waals surface area contributed by atoms with Crippen LogP contribution in [0, 0.1) is 6.07 Å². The summed E-state index contributed by atoms with van der Waals surface area (Å²) >= 11 is 6.25. The maximum Gasteiger partial charge on any atom is -0.171 e. The van der Waals surface area contributed by atoms with Gasteiger partial charge in [0.05, 0.1) is 0 Å². The molecule has 0 spiro atoms. The van der Waals surface area contributed by atoms with Gasteiger partial charge in [0.2, 0.25) is 0 Å². The summed E-state index contributed by atoms with van der Waals surface area (Å²) in [6.45, 7) is 0. The van der Waals surface area contributed by atoms with Gasteiger partial charge in [-0.25, -0.2) is 0 Å². The summed E-state index contributed by atoms with van der Waals surface area (Å²) < 4.78 is 0. The van der Waals surface area contributed by atoms with Gasteiger partial charge in [-0.1, -0.05) is 0 Å². The Hall–Kier alpha value is 1.05. The Kier molecular flexibility index (Phi) is 28.5. The molecule has 0 saturated carbocycles. The Labute approximate surface area is 83.9 Å². The molecule has 0 fully saturated rings. The molecule has 0 heterocycles. The zero-order valence-corrected chi connectivity index (χ0v) is 10.9. The summed E-state index contributed by atoms with van der Waals surface area (Å²) in [7, 11) is 0. The Morgan fingerprint density at radius 3 is 1.40 bits per heavy atom. The minimum atomic E-state index is 0. The maximum atomic E-state index is 3.69. The molecule has 10 heavy (non-hydrogen) atoms. The summed E-state index contributed by atoms with van der Waals surface area (Å²) in [6.07, 6.45) is 0. The largest absolute Gasteiger partial charge is 0.184 e. The van der Waals surface area contributed by atoms with Crippen molar-refractivity contribution in [2.24, 2.45) is 0 Å². The van der Waals surface area contributed by atoms with Crippen LogP contribution in [0.2, 0.25) is 0 Å². The van der Waals surface area contributed by atoms with Gasteiger partial charge in [-0.2, -0.15) is 56.2 Å². The van der Waals surface area contributed by atoms with E-state index in [1.165, 1.54) is 0 Å². The van der Waals surface area contributed by atoms with Crippen LogP contribution in [0.5, 0.6) is 0 Å². The third-order valence-electron chi connectivity index (χ3n) is 0.607.